The first kappa shape index (κ1) is 12.0. The summed E-state index contributed by atoms with van der Waals surface area (Å²) in [5, 5.41) is 2.20. The summed E-state index contributed by atoms with van der Waals surface area (Å²) in [6.45, 7) is 3.05. The lowest BCUT2D eigenvalue weighted by Crippen LogP contribution is -2.54. The Morgan fingerprint density at radius 3 is 1.89 bits per heavy atom. The first-order valence-corrected chi connectivity index (χ1v) is 6.60. The Labute approximate surface area is 113 Å². The van der Waals surface area contributed by atoms with Crippen molar-refractivity contribution in [2.24, 2.45) is 0 Å². The predicted molar refractivity (Wildman–Crippen MR) is 79.0 cm³/mol. The number of quaternary nitrogens is 1. The number of nitrogens with one attached hydrogen (secondary N) is 1. The van der Waals surface area contributed by atoms with E-state index in [0.717, 1.165) is 6.54 Å². The quantitative estimate of drug-likeness (QED) is 0.840. The van der Waals surface area contributed by atoms with E-state index in [0.29, 0.717) is 4.59 Å². The van der Waals surface area contributed by atoms with Crippen molar-refractivity contribution < 1.29 is 0 Å². The summed E-state index contributed by atoms with van der Waals surface area (Å²) in [6.07, 6.45) is 4.18. The lowest BCUT2D eigenvalue weighted by atomic mass is 10.2. The van der Waals surface area contributed by atoms with E-state index in [2.05, 4.69) is 84.3 Å². The molecule has 0 saturated carbocycles. The molecule has 3 rings (SSSR count). The van der Waals surface area contributed by atoms with Crippen LogP contribution >= 0.6 is 0 Å². The Bertz CT molecular complexity index is 524. The SMILES string of the molecule is CCN1NC=C[N+]1(c1ccccc1)c1ccccc1. The van der Waals surface area contributed by atoms with Gasteiger partial charge in [0.2, 0.25) is 0 Å². The first-order valence-electron chi connectivity index (χ1n) is 6.60. The molecular formula is C16H18N3+. The maximum absolute atomic E-state index is 3.32. The number of hydrogen-bond donors (Lipinski definition) is 1. The van der Waals surface area contributed by atoms with Gasteiger partial charge in [-0.15, -0.1) is 4.59 Å². The fraction of sp³-hybridized carbons (Fsp3) is 0.125. The van der Waals surface area contributed by atoms with Gasteiger partial charge in [0.05, 0.1) is 12.7 Å². The van der Waals surface area contributed by atoms with Gasteiger partial charge in [-0.1, -0.05) is 36.4 Å². The minimum Gasteiger partial charge on any atom is -0.276 e. The third-order valence-corrected chi connectivity index (χ3v) is 3.49. The lowest BCUT2D eigenvalue weighted by molar-refractivity contribution is 0.0687. The zero-order valence-electron chi connectivity index (χ0n) is 11.0. The highest BCUT2D eigenvalue weighted by molar-refractivity contribution is 5.60. The second kappa shape index (κ2) is 4.88. The van der Waals surface area contributed by atoms with Crippen LogP contribution in [0.1, 0.15) is 6.92 Å². The number of hydrogen-bond acceptors (Lipinski definition) is 2. The summed E-state index contributed by atoms with van der Waals surface area (Å²) < 4.78 is 0.582. The van der Waals surface area contributed by atoms with Gasteiger partial charge in [0.15, 0.2) is 11.4 Å². The number of benzene rings is 2. The summed E-state index contributed by atoms with van der Waals surface area (Å²) in [4.78, 5) is 0. The van der Waals surface area contributed by atoms with Crippen LogP contribution in [0.3, 0.4) is 0 Å². The molecule has 96 valence electrons. The lowest BCUT2D eigenvalue weighted by Gasteiger charge is -2.36. The monoisotopic (exact) mass is 252 g/mol. The highest BCUT2D eigenvalue weighted by Gasteiger charge is 2.41. The average Bonchev–Trinajstić information content (AvgIpc) is 2.94. The molecule has 0 unspecified atom stereocenters. The fourth-order valence-corrected chi connectivity index (χ4v) is 2.62. The molecule has 0 spiro atoms. The second-order valence-corrected chi connectivity index (χ2v) is 4.52. The van der Waals surface area contributed by atoms with Crippen molar-refractivity contribution in [1.29, 1.82) is 0 Å². The van der Waals surface area contributed by atoms with Crippen LogP contribution in [-0.2, 0) is 0 Å². The molecule has 1 N–H and O–H groups in total. The van der Waals surface area contributed by atoms with Gasteiger partial charge >= 0.3 is 0 Å². The van der Waals surface area contributed by atoms with Crippen LogP contribution in [0.5, 0.6) is 0 Å². The van der Waals surface area contributed by atoms with Gasteiger partial charge in [-0.2, -0.15) is 0 Å². The Morgan fingerprint density at radius 2 is 1.42 bits per heavy atom. The maximum Gasteiger partial charge on any atom is 0.163 e. The number of nitrogens with zero attached hydrogens (tertiary/aromatic N) is 2. The summed E-state index contributed by atoms with van der Waals surface area (Å²) in [7, 11) is 0. The Hall–Kier alpha value is -2.10. The van der Waals surface area contributed by atoms with Gasteiger partial charge in [-0.25, -0.2) is 0 Å². The van der Waals surface area contributed by atoms with Crippen LogP contribution in [0, 0.1) is 0 Å². The second-order valence-electron chi connectivity index (χ2n) is 4.52. The van der Waals surface area contributed by atoms with E-state index in [1.807, 2.05) is 6.20 Å². The molecule has 19 heavy (non-hydrogen) atoms. The van der Waals surface area contributed by atoms with E-state index >= 15 is 0 Å². The standard InChI is InChI=1S/C16H18N3/c1-2-18-17-13-14-19(18,15-9-5-3-6-10-15)16-11-7-4-8-12-16/h3-14,17H,2H2,1H3/q+1. The van der Waals surface area contributed by atoms with E-state index in [1.54, 1.807) is 0 Å². The van der Waals surface area contributed by atoms with Crippen LogP contribution in [0.4, 0.5) is 11.4 Å². The van der Waals surface area contributed by atoms with Crippen LogP contribution in [0.2, 0.25) is 0 Å². The summed E-state index contributed by atoms with van der Waals surface area (Å²) in [6, 6.07) is 21.1. The van der Waals surface area contributed by atoms with Crippen molar-refractivity contribution in [2.45, 2.75) is 6.92 Å². The first-order chi connectivity index (χ1) is 9.38. The summed E-state index contributed by atoms with van der Waals surface area (Å²) in [5.41, 5.74) is 5.76. The molecule has 1 heterocycles. The van der Waals surface area contributed by atoms with Crippen molar-refractivity contribution in [1.82, 2.24) is 15.1 Å². The van der Waals surface area contributed by atoms with E-state index in [-0.39, 0.29) is 0 Å². The van der Waals surface area contributed by atoms with Crippen molar-refractivity contribution in [3.8, 4) is 0 Å². The predicted octanol–water partition coefficient (Wildman–Crippen LogP) is 3.55. The molecule has 0 amide bonds. The molecule has 1 aliphatic rings. The highest BCUT2D eigenvalue weighted by atomic mass is 15.9. The average molecular weight is 252 g/mol. The van der Waals surface area contributed by atoms with Crippen molar-refractivity contribution in [2.75, 3.05) is 6.54 Å². The van der Waals surface area contributed by atoms with Gasteiger partial charge in [0.25, 0.3) is 0 Å². The fourth-order valence-electron chi connectivity index (χ4n) is 2.62. The molecule has 0 aliphatic carbocycles. The minimum atomic E-state index is 0.582. The van der Waals surface area contributed by atoms with Gasteiger partial charge in [0, 0.05) is 24.3 Å². The zero-order valence-corrected chi connectivity index (χ0v) is 11.0. The van der Waals surface area contributed by atoms with Gasteiger partial charge in [-0.3, -0.25) is 5.43 Å². The third-order valence-electron chi connectivity index (χ3n) is 3.49. The summed E-state index contributed by atoms with van der Waals surface area (Å²) >= 11 is 0. The van der Waals surface area contributed by atoms with Crippen LogP contribution in [0.25, 0.3) is 0 Å². The molecule has 3 nitrogen and oxygen atoms in total. The molecule has 0 saturated heterocycles. The Balaban J connectivity index is 2.20. The maximum atomic E-state index is 3.32. The number of para-hydroxylation sites is 2. The topological polar surface area (TPSA) is 15.3 Å². The smallest absolute Gasteiger partial charge is 0.163 e. The normalized spacial score (nSPS) is 17.3. The van der Waals surface area contributed by atoms with E-state index in [4.69, 9.17) is 0 Å². The zero-order chi connectivity index (χ0) is 13.1. The summed E-state index contributed by atoms with van der Waals surface area (Å²) in [5.74, 6) is 0. The molecule has 1 aliphatic heterocycles. The molecule has 0 fully saturated rings. The molecule has 3 heteroatoms. The highest BCUT2D eigenvalue weighted by Crippen LogP contribution is 2.38. The number of hydrazine groups is 1. The van der Waals surface area contributed by atoms with Crippen LogP contribution in [-0.4, -0.2) is 11.7 Å². The van der Waals surface area contributed by atoms with Crippen molar-refractivity contribution in [3.63, 3.8) is 0 Å². The molecular weight excluding hydrogens is 234 g/mol. The van der Waals surface area contributed by atoms with Gasteiger partial charge < -0.3 is 0 Å². The van der Waals surface area contributed by atoms with E-state index < -0.39 is 0 Å². The van der Waals surface area contributed by atoms with E-state index in [1.165, 1.54) is 11.4 Å². The van der Waals surface area contributed by atoms with Gasteiger partial charge in [0.1, 0.15) is 6.20 Å². The van der Waals surface area contributed by atoms with E-state index in [9.17, 15) is 0 Å². The molecule has 0 radical (unpaired) electrons. The number of rotatable bonds is 3. The minimum absolute atomic E-state index is 0.582. The van der Waals surface area contributed by atoms with Crippen LogP contribution < -0.4 is 10.0 Å². The van der Waals surface area contributed by atoms with Crippen molar-refractivity contribution in [3.05, 3.63) is 73.1 Å². The molecule has 2 aromatic rings. The Morgan fingerprint density at radius 1 is 0.895 bits per heavy atom. The molecule has 2 aromatic carbocycles. The van der Waals surface area contributed by atoms with Gasteiger partial charge in [-0.05, 0) is 12.0 Å². The molecule has 0 bridgehead atoms. The molecule has 0 aromatic heterocycles. The largest absolute Gasteiger partial charge is 0.276 e. The van der Waals surface area contributed by atoms with Crippen molar-refractivity contribution >= 4 is 11.4 Å². The molecule has 0 atom stereocenters. The third kappa shape index (κ3) is 1.84. The Kier molecular flexibility index (Phi) is 3.07. The van der Waals surface area contributed by atoms with Crippen LogP contribution in [0.15, 0.2) is 73.1 Å².